The fraction of sp³-hybridized carbons (Fsp3) is 0.500. The summed E-state index contributed by atoms with van der Waals surface area (Å²) < 4.78 is 11.4. The molecule has 3 rings (SSSR count). The number of ether oxygens (including phenoxy) is 2. The Balaban J connectivity index is 1.88. The van der Waals surface area contributed by atoms with Gasteiger partial charge in [-0.2, -0.15) is 0 Å². The zero-order valence-electron chi connectivity index (χ0n) is 14.8. The van der Waals surface area contributed by atoms with Crippen LogP contribution in [0.3, 0.4) is 0 Å². The Labute approximate surface area is 144 Å². The van der Waals surface area contributed by atoms with E-state index < -0.39 is 0 Å². The second kappa shape index (κ2) is 7.31. The van der Waals surface area contributed by atoms with Crippen molar-refractivity contribution in [3.8, 4) is 5.75 Å². The largest absolute Gasteiger partial charge is 0.508 e. The smallest absolute Gasteiger partial charge is 0.156 e. The molecule has 0 saturated carbocycles. The molecule has 24 heavy (non-hydrogen) atoms. The fourth-order valence-electron chi connectivity index (χ4n) is 3.80. The number of fused-ring (bicyclic) bond motifs is 1. The van der Waals surface area contributed by atoms with Crippen molar-refractivity contribution in [1.29, 1.82) is 0 Å². The zero-order chi connectivity index (χ0) is 17.1. The molecular formula is C20H27NO3. The van der Waals surface area contributed by atoms with E-state index in [9.17, 15) is 5.11 Å². The fourth-order valence-corrected chi connectivity index (χ4v) is 3.80. The van der Waals surface area contributed by atoms with Crippen molar-refractivity contribution in [2.75, 3.05) is 27.3 Å². The van der Waals surface area contributed by atoms with Gasteiger partial charge < -0.3 is 14.6 Å². The summed E-state index contributed by atoms with van der Waals surface area (Å²) in [6.45, 7) is 3.78. The number of allylic oxidation sites excluding steroid dienone is 2. The first kappa shape index (κ1) is 16.9. The van der Waals surface area contributed by atoms with Gasteiger partial charge in [-0.05, 0) is 68.6 Å². The lowest BCUT2D eigenvalue weighted by Crippen LogP contribution is -2.44. The van der Waals surface area contributed by atoms with Crippen molar-refractivity contribution in [3.05, 3.63) is 53.0 Å². The van der Waals surface area contributed by atoms with Gasteiger partial charge in [-0.25, -0.2) is 0 Å². The topological polar surface area (TPSA) is 41.9 Å². The van der Waals surface area contributed by atoms with Crippen LogP contribution in [0.4, 0.5) is 0 Å². The van der Waals surface area contributed by atoms with Gasteiger partial charge in [0, 0.05) is 12.5 Å². The highest BCUT2D eigenvalue weighted by molar-refractivity contribution is 5.36. The first-order chi connectivity index (χ1) is 11.6. The molecule has 1 aromatic rings. The first-order valence-electron chi connectivity index (χ1n) is 8.72. The minimum Gasteiger partial charge on any atom is -0.508 e. The number of hydrogen-bond acceptors (Lipinski definition) is 4. The highest BCUT2D eigenvalue weighted by Gasteiger charge is 2.35. The number of aromatic hydroxyl groups is 1. The van der Waals surface area contributed by atoms with Crippen molar-refractivity contribution in [1.82, 2.24) is 4.90 Å². The summed E-state index contributed by atoms with van der Waals surface area (Å²) in [4.78, 5) is 2.42. The minimum absolute atomic E-state index is 0.316. The van der Waals surface area contributed by atoms with Crippen LogP contribution in [0, 0.1) is 5.92 Å². The zero-order valence-corrected chi connectivity index (χ0v) is 14.8. The van der Waals surface area contributed by atoms with Crippen LogP contribution < -0.4 is 0 Å². The lowest BCUT2D eigenvalue weighted by atomic mass is 9.78. The average Bonchev–Trinajstić information content (AvgIpc) is 2.59. The summed E-state index contributed by atoms with van der Waals surface area (Å²) in [5.41, 5.74) is 2.68. The Morgan fingerprint density at radius 2 is 2.00 bits per heavy atom. The van der Waals surface area contributed by atoms with Crippen molar-refractivity contribution in [2.24, 2.45) is 5.92 Å². The van der Waals surface area contributed by atoms with Crippen LogP contribution in [-0.4, -0.2) is 43.4 Å². The van der Waals surface area contributed by atoms with Crippen molar-refractivity contribution in [2.45, 2.75) is 32.2 Å². The van der Waals surface area contributed by atoms with E-state index >= 15 is 0 Å². The lowest BCUT2D eigenvalue weighted by molar-refractivity contribution is 0.145. The summed E-state index contributed by atoms with van der Waals surface area (Å²) in [5.74, 6) is 2.70. The van der Waals surface area contributed by atoms with Crippen LogP contribution in [0.25, 0.3) is 0 Å². The number of rotatable bonds is 5. The molecular weight excluding hydrogens is 302 g/mol. The van der Waals surface area contributed by atoms with E-state index in [4.69, 9.17) is 9.47 Å². The van der Waals surface area contributed by atoms with Crippen molar-refractivity contribution < 1.29 is 14.6 Å². The van der Waals surface area contributed by atoms with Gasteiger partial charge in [-0.3, -0.25) is 4.90 Å². The number of methoxy groups -OCH3 is 1. The molecule has 4 heteroatoms. The third-order valence-corrected chi connectivity index (χ3v) is 5.13. The maximum Gasteiger partial charge on any atom is 0.156 e. The molecule has 1 saturated heterocycles. The van der Waals surface area contributed by atoms with Crippen LogP contribution >= 0.6 is 0 Å². The SMILES string of the molecule is CCOC1=C(OC)C=C2C(CCN(C)C2Cc2ccc(O)cc2)C1. The molecule has 1 N–H and O–H groups in total. The summed E-state index contributed by atoms with van der Waals surface area (Å²) >= 11 is 0. The molecule has 1 fully saturated rings. The van der Waals surface area contributed by atoms with Gasteiger partial charge in [0.25, 0.3) is 0 Å². The number of nitrogens with zero attached hydrogens (tertiary/aromatic N) is 1. The van der Waals surface area contributed by atoms with E-state index in [1.54, 1.807) is 19.2 Å². The number of phenolic OH excluding ortho intramolecular Hbond substituents is 1. The molecule has 1 heterocycles. The molecule has 1 aliphatic carbocycles. The predicted octanol–water partition coefficient (Wildman–Crippen LogP) is 3.48. The number of hydrogen-bond donors (Lipinski definition) is 1. The van der Waals surface area contributed by atoms with Gasteiger partial charge in [0.1, 0.15) is 11.5 Å². The average molecular weight is 329 g/mol. The summed E-state index contributed by atoms with van der Waals surface area (Å²) in [7, 11) is 3.91. The van der Waals surface area contributed by atoms with Gasteiger partial charge in [-0.15, -0.1) is 0 Å². The molecule has 1 aromatic carbocycles. The Bertz CT molecular complexity index is 633. The molecule has 1 aliphatic heterocycles. The minimum atomic E-state index is 0.316. The van der Waals surface area contributed by atoms with Gasteiger partial charge in [0.05, 0.1) is 13.7 Å². The monoisotopic (exact) mass is 329 g/mol. The van der Waals surface area contributed by atoms with Crippen molar-refractivity contribution >= 4 is 0 Å². The van der Waals surface area contributed by atoms with Gasteiger partial charge in [0.15, 0.2) is 5.76 Å². The lowest BCUT2D eigenvalue weighted by Gasteiger charge is -2.42. The number of likely N-dealkylation sites (tertiary alicyclic amines) is 1. The van der Waals surface area contributed by atoms with E-state index in [1.165, 1.54) is 11.1 Å². The summed E-state index contributed by atoms with van der Waals surface area (Å²) in [5, 5.41) is 9.49. The molecule has 0 radical (unpaired) electrons. The van der Waals surface area contributed by atoms with E-state index in [2.05, 4.69) is 18.0 Å². The number of benzene rings is 1. The number of piperidine rings is 1. The van der Waals surface area contributed by atoms with E-state index in [0.717, 1.165) is 37.3 Å². The Hall–Kier alpha value is -1.94. The molecule has 2 aliphatic rings. The summed E-state index contributed by atoms with van der Waals surface area (Å²) in [6.07, 6.45) is 5.23. The third kappa shape index (κ3) is 3.44. The Morgan fingerprint density at radius 1 is 1.25 bits per heavy atom. The van der Waals surface area contributed by atoms with Gasteiger partial charge in [0.2, 0.25) is 0 Å². The normalized spacial score (nSPS) is 24.4. The first-order valence-corrected chi connectivity index (χ1v) is 8.72. The highest BCUT2D eigenvalue weighted by Crippen LogP contribution is 2.39. The molecule has 0 aromatic heterocycles. The molecule has 2 unspecified atom stereocenters. The van der Waals surface area contributed by atoms with Crippen LogP contribution in [0.1, 0.15) is 25.3 Å². The second-order valence-electron chi connectivity index (χ2n) is 6.63. The Morgan fingerprint density at radius 3 is 2.67 bits per heavy atom. The van der Waals surface area contributed by atoms with Crippen LogP contribution in [0.5, 0.6) is 5.75 Å². The number of phenols is 1. The van der Waals surface area contributed by atoms with Crippen molar-refractivity contribution in [3.63, 3.8) is 0 Å². The standard InChI is InChI=1S/C20H27NO3/c1-4-24-20-12-15-9-10-21(2)18(17(15)13-19(20)23-3)11-14-5-7-16(22)8-6-14/h5-8,13,15,18,22H,4,9-12H2,1-3H3. The van der Waals surface area contributed by atoms with Gasteiger partial charge in [-0.1, -0.05) is 12.1 Å². The molecule has 130 valence electrons. The Kier molecular flexibility index (Phi) is 5.14. The molecule has 0 amide bonds. The molecule has 2 atom stereocenters. The van der Waals surface area contributed by atoms with E-state index in [0.29, 0.717) is 24.3 Å². The highest BCUT2D eigenvalue weighted by atomic mass is 16.5. The van der Waals surface area contributed by atoms with Gasteiger partial charge >= 0.3 is 0 Å². The van der Waals surface area contributed by atoms with E-state index in [-0.39, 0.29) is 0 Å². The predicted molar refractivity (Wildman–Crippen MR) is 94.7 cm³/mol. The second-order valence-corrected chi connectivity index (χ2v) is 6.63. The van der Waals surface area contributed by atoms with Crippen LogP contribution in [-0.2, 0) is 15.9 Å². The third-order valence-electron chi connectivity index (χ3n) is 5.13. The van der Waals surface area contributed by atoms with E-state index in [1.807, 2.05) is 19.1 Å². The van der Waals surface area contributed by atoms with Crippen LogP contribution in [0.15, 0.2) is 47.4 Å². The van der Waals surface area contributed by atoms with Crippen LogP contribution in [0.2, 0.25) is 0 Å². The maximum absolute atomic E-state index is 9.49. The molecule has 0 bridgehead atoms. The quantitative estimate of drug-likeness (QED) is 0.898. The maximum atomic E-state index is 9.49. The molecule has 0 spiro atoms. The summed E-state index contributed by atoms with van der Waals surface area (Å²) in [6, 6.07) is 7.91. The molecule has 4 nitrogen and oxygen atoms in total. The number of likely N-dealkylation sites (N-methyl/N-ethyl adjacent to an activating group) is 1.